The highest BCUT2D eigenvalue weighted by Crippen LogP contribution is 2.15. The highest BCUT2D eigenvalue weighted by molar-refractivity contribution is 5.98. The number of aromatic nitrogens is 1. The molecule has 2 rings (SSSR count). The van der Waals surface area contributed by atoms with E-state index in [1.54, 1.807) is 0 Å². The third kappa shape index (κ3) is 2.27. The Morgan fingerprint density at radius 2 is 2.13 bits per heavy atom. The van der Waals surface area contributed by atoms with Crippen LogP contribution in [0.4, 0.5) is 0 Å². The number of hydrogen-bond donors (Lipinski definition) is 1. The van der Waals surface area contributed by atoms with Gasteiger partial charge >= 0.3 is 0 Å². The van der Waals surface area contributed by atoms with E-state index in [-0.39, 0.29) is 0 Å². The molecule has 0 atom stereocenters. The van der Waals surface area contributed by atoms with Crippen molar-refractivity contribution >= 4 is 17.1 Å². The molecule has 1 aromatic heterocycles. The van der Waals surface area contributed by atoms with E-state index in [0.717, 1.165) is 6.54 Å². The molecule has 0 amide bonds. The van der Waals surface area contributed by atoms with E-state index in [4.69, 9.17) is 0 Å². The highest BCUT2D eigenvalue weighted by atomic mass is 14.7. The molecule has 0 bridgehead atoms. The molecule has 0 spiro atoms. The van der Waals surface area contributed by atoms with Crippen LogP contribution < -0.4 is 0 Å². The molecule has 2 aromatic rings. The van der Waals surface area contributed by atoms with E-state index in [2.05, 4.69) is 42.0 Å². The van der Waals surface area contributed by atoms with E-state index in [1.807, 2.05) is 18.5 Å². The van der Waals surface area contributed by atoms with Crippen molar-refractivity contribution in [3.8, 4) is 0 Å². The monoisotopic (exact) mass is 200 g/mol. The van der Waals surface area contributed by atoms with Crippen LogP contribution in [-0.4, -0.2) is 17.7 Å². The molecule has 2 nitrogen and oxygen atoms in total. The maximum Gasteiger partial charge on any atom is 0.0460 e. The van der Waals surface area contributed by atoms with Crippen LogP contribution in [-0.2, 0) is 0 Å². The van der Waals surface area contributed by atoms with Crippen molar-refractivity contribution in [1.82, 2.24) is 4.98 Å². The van der Waals surface area contributed by atoms with Crippen molar-refractivity contribution in [1.29, 1.82) is 0 Å². The maximum atomic E-state index is 4.42. The van der Waals surface area contributed by atoms with E-state index in [0.29, 0.717) is 5.92 Å². The molecule has 1 aromatic carbocycles. The Hall–Kier alpha value is -1.57. The number of nitrogens with zero attached hydrogens (tertiary/aromatic N) is 1. The third-order valence-electron chi connectivity index (χ3n) is 2.32. The molecular weight excluding hydrogens is 184 g/mol. The minimum atomic E-state index is 0.617. The largest absolute Gasteiger partial charge is 0.361 e. The highest BCUT2D eigenvalue weighted by Gasteiger charge is 1.99. The van der Waals surface area contributed by atoms with Crippen LogP contribution in [0.25, 0.3) is 10.9 Å². The Morgan fingerprint density at radius 1 is 1.33 bits per heavy atom. The molecule has 15 heavy (non-hydrogen) atoms. The summed E-state index contributed by atoms with van der Waals surface area (Å²) in [6, 6.07) is 8.28. The Kier molecular flexibility index (Phi) is 2.86. The van der Waals surface area contributed by atoms with E-state index in [1.165, 1.54) is 16.5 Å². The quantitative estimate of drug-likeness (QED) is 0.737. The molecule has 0 aliphatic carbocycles. The topological polar surface area (TPSA) is 28.1 Å². The van der Waals surface area contributed by atoms with Gasteiger partial charge in [-0.3, -0.25) is 4.99 Å². The van der Waals surface area contributed by atoms with Crippen LogP contribution in [0.3, 0.4) is 0 Å². The third-order valence-corrected chi connectivity index (χ3v) is 2.32. The first-order valence-electron chi connectivity index (χ1n) is 5.33. The Labute approximate surface area is 90.0 Å². The average molecular weight is 200 g/mol. The van der Waals surface area contributed by atoms with Gasteiger partial charge in [-0.1, -0.05) is 32.0 Å². The lowest BCUT2D eigenvalue weighted by molar-refractivity contribution is 0.667. The summed E-state index contributed by atoms with van der Waals surface area (Å²) in [6.07, 6.45) is 3.97. The fourth-order valence-electron chi connectivity index (χ4n) is 1.56. The summed E-state index contributed by atoms with van der Waals surface area (Å²) < 4.78 is 0. The zero-order valence-electron chi connectivity index (χ0n) is 9.20. The summed E-state index contributed by atoms with van der Waals surface area (Å²) >= 11 is 0. The predicted molar refractivity (Wildman–Crippen MR) is 65.6 cm³/mol. The number of para-hydroxylation sites is 1. The minimum absolute atomic E-state index is 0.617. The number of fused-ring (bicyclic) bond motifs is 1. The number of nitrogens with one attached hydrogen (secondary N) is 1. The lowest BCUT2D eigenvalue weighted by Gasteiger charge is -1.96. The second-order valence-electron chi connectivity index (χ2n) is 4.18. The molecule has 78 valence electrons. The van der Waals surface area contributed by atoms with Crippen LogP contribution in [0.15, 0.2) is 35.5 Å². The molecule has 0 unspecified atom stereocenters. The Bertz CT molecular complexity index is 466. The smallest absolute Gasteiger partial charge is 0.0460 e. The Balaban J connectivity index is 2.25. The van der Waals surface area contributed by atoms with Gasteiger partial charge in [-0.2, -0.15) is 0 Å². The Morgan fingerprint density at radius 3 is 2.93 bits per heavy atom. The van der Waals surface area contributed by atoms with Gasteiger partial charge in [-0.15, -0.1) is 0 Å². The van der Waals surface area contributed by atoms with Gasteiger partial charge in [0.25, 0.3) is 0 Å². The van der Waals surface area contributed by atoms with Crippen molar-refractivity contribution in [2.45, 2.75) is 13.8 Å². The zero-order valence-corrected chi connectivity index (χ0v) is 9.20. The van der Waals surface area contributed by atoms with Crippen molar-refractivity contribution in [2.75, 3.05) is 6.54 Å². The summed E-state index contributed by atoms with van der Waals surface area (Å²) in [6.45, 7) is 5.23. The van der Waals surface area contributed by atoms with Gasteiger partial charge < -0.3 is 4.98 Å². The first kappa shape index (κ1) is 9.97. The number of benzene rings is 1. The summed E-state index contributed by atoms with van der Waals surface area (Å²) in [5.74, 6) is 0.617. The molecule has 0 fully saturated rings. The van der Waals surface area contributed by atoms with Crippen LogP contribution in [0.2, 0.25) is 0 Å². The number of hydrogen-bond acceptors (Lipinski definition) is 1. The van der Waals surface area contributed by atoms with Crippen LogP contribution in [0, 0.1) is 5.92 Å². The fourth-order valence-corrected chi connectivity index (χ4v) is 1.56. The van der Waals surface area contributed by atoms with Crippen molar-refractivity contribution in [2.24, 2.45) is 10.9 Å². The molecule has 1 heterocycles. The average Bonchev–Trinajstić information content (AvgIpc) is 2.62. The second kappa shape index (κ2) is 4.30. The molecular formula is C13H16N2. The summed E-state index contributed by atoms with van der Waals surface area (Å²) in [4.78, 5) is 7.65. The van der Waals surface area contributed by atoms with Gasteiger partial charge in [0.1, 0.15) is 0 Å². The van der Waals surface area contributed by atoms with Crippen LogP contribution >= 0.6 is 0 Å². The number of aromatic amines is 1. The van der Waals surface area contributed by atoms with Gasteiger partial charge in [0.15, 0.2) is 0 Å². The lowest BCUT2D eigenvalue weighted by Crippen LogP contribution is -1.92. The molecule has 0 aliphatic heterocycles. The maximum absolute atomic E-state index is 4.42. The number of H-pyrrole nitrogens is 1. The molecule has 0 aliphatic rings. The predicted octanol–water partition coefficient (Wildman–Crippen LogP) is 3.24. The summed E-state index contributed by atoms with van der Waals surface area (Å²) in [5, 5.41) is 1.24. The first-order valence-corrected chi connectivity index (χ1v) is 5.33. The standard InChI is InChI=1S/C13H16N2/c1-10(2)7-14-8-11-9-15-13-6-4-3-5-12(11)13/h3-6,8-10,15H,7H2,1-2H3. The second-order valence-corrected chi connectivity index (χ2v) is 4.18. The summed E-state index contributed by atoms with van der Waals surface area (Å²) in [7, 11) is 0. The van der Waals surface area contributed by atoms with E-state index >= 15 is 0 Å². The van der Waals surface area contributed by atoms with E-state index in [9.17, 15) is 0 Å². The molecule has 1 N–H and O–H groups in total. The van der Waals surface area contributed by atoms with Gasteiger partial charge in [0, 0.05) is 35.4 Å². The van der Waals surface area contributed by atoms with Crippen LogP contribution in [0.1, 0.15) is 19.4 Å². The van der Waals surface area contributed by atoms with Gasteiger partial charge in [-0.05, 0) is 12.0 Å². The fraction of sp³-hybridized carbons (Fsp3) is 0.308. The minimum Gasteiger partial charge on any atom is -0.361 e. The van der Waals surface area contributed by atoms with E-state index < -0.39 is 0 Å². The number of aliphatic imine (C=N–C) groups is 1. The van der Waals surface area contributed by atoms with Crippen molar-refractivity contribution in [3.63, 3.8) is 0 Å². The van der Waals surface area contributed by atoms with Crippen molar-refractivity contribution in [3.05, 3.63) is 36.0 Å². The molecule has 0 saturated heterocycles. The van der Waals surface area contributed by atoms with Gasteiger partial charge in [0.05, 0.1) is 0 Å². The molecule has 0 saturated carbocycles. The SMILES string of the molecule is CC(C)CN=Cc1c[nH]c2ccccc12. The van der Waals surface area contributed by atoms with Gasteiger partial charge in [-0.25, -0.2) is 0 Å². The number of rotatable bonds is 3. The summed E-state index contributed by atoms with van der Waals surface area (Å²) in [5.41, 5.74) is 2.34. The zero-order chi connectivity index (χ0) is 10.7. The lowest BCUT2D eigenvalue weighted by atomic mass is 10.2. The van der Waals surface area contributed by atoms with Crippen LogP contribution in [0.5, 0.6) is 0 Å². The first-order chi connectivity index (χ1) is 7.27. The normalized spacial score (nSPS) is 11.9. The molecule has 0 radical (unpaired) electrons. The molecule has 2 heteroatoms. The van der Waals surface area contributed by atoms with Crippen molar-refractivity contribution < 1.29 is 0 Å². The van der Waals surface area contributed by atoms with Gasteiger partial charge in [0.2, 0.25) is 0 Å².